The minimum absolute atomic E-state index is 0.233. The van der Waals surface area contributed by atoms with E-state index in [1.807, 2.05) is 0 Å². The van der Waals surface area contributed by atoms with Crippen molar-refractivity contribution in [3.63, 3.8) is 0 Å². The third-order valence-corrected chi connectivity index (χ3v) is 2.44. The Hall–Kier alpha value is -0.900. The molecule has 0 saturated heterocycles. The third kappa shape index (κ3) is 3.59. The van der Waals surface area contributed by atoms with Gasteiger partial charge >= 0.3 is 5.97 Å². The molecule has 0 bridgehead atoms. The van der Waals surface area contributed by atoms with Gasteiger partial charge in [0.15, 0.2) is 0 Å². The molecule has 0 aliphatic heterocycles. The van der Waals surface area contributed by atoms with Crippen LogP contribution >= 0.6 is 15.9 Å². The quantitative estimate of drug-likeness (QED) is 0.613. The van der Waals surface area contributed by atoms with Crippen molar-refractivity contribution < 1.29 is 13.9 Å². The van der Waals surface area contributed by atoms with Gasteiger partial charge in [0.1, 0.15) is 11.4 Å². The molecule has 0 N–H and O–H groups in total. The van der Waals surface area contributed by atoms with Crippen LogP contribution in [0, 0.1) is 5.82 Å². The first-order chi connectivity index (χ1) is 7.33. The van der Waals surface area contributed by atoms with Crippen LogP contribution in [0.5, 0.6) is 0 Å². The summed E-state index contributed by atoms with van der Waals surface area (Å²) in [6, 6.07) is 4.34. The predicted octanol–water partition coefficient (Wildman–Crippen LogP) is 3.68. The first kappa shape index (κ1) is 13.2. The van der Waals surface area contributed by atoms with Gasteiger partial charge in [-0.2, -0.15) is 0 Å². The maximum atomic E-state index is 13.4. The average Bonchev–Trinajstić information content (AvgIpc) is 2.15. The SMILES string of the molecule is CC(C)(C)OC(=O)c1ccc(CBr)c(F)c1. The Labute approximate surface area is 103 Å². The van der Waals surface area contributed by atoms with E-state index in [0.29, 0.717) is 10.9 Å². The summed E-state index contributed by atoms with van der Waals surface area (Å²) in [5.74, 6) is -0.909. The molecule has 1 aromatic rings. The minimum Gasteiger partial charge on any atom is -0.456 e. The molecule has 0 unspecified atom stereocenters. The highest BCUT2D eigenvalue weighted by Crippen LogP contribution is 2.16. The Morgan fingerprint density at radius 3 is 2.50 bits per heavy atom. The Morgan fingerprint density at radius 2 is 2.06 bits per heavy atom. The van der Waals surface area contributed by atoms with E-state index in [1.54, 1.807) is 32.9 Å². The summed E-state index contributed by atoms with van der Waals surface area (Å²) in [6.07, 6.45) is 0. The van der Waals surface area contributed by atoms with E-state index in [9.17, 15) is 9.18 Å². The lowest BCUT2D eigenvalue weighted by atomic mass is 10.1. The standard InChI is InChI=1S/C12H14BrFO2/c1-12(2,3)16-11(15)8-4-5-9(7-13)10(14)6-8/h4-6H,7H2,1-3H3. The summed E-state index contributed by atoms with van der Waals surface area (Å²) in [5.41, 5.74) is 0.186. The van der Waals surface area contributed by atoms with Crippen molar-refractivity contribution in [3.8, 4) is 0 Å². The molecule has 1 aromatic carbocycles. The number of esters is 1. The van der Waals surface area contributed by atoms with Gasteiger partial charge < -0.3 is 4.74 Å². The average molecular weight is 289 g/mol. The number of hydrogen-bond acceptors (Lipinski definition) is 2. The largest absolute Gasteiger partial charge is 0.456 e. The van der Waals surface area contributed by atoms with Gasteiger partial charge in [-0.15, -0.1) is 0 Å². The highest BCUT2D eigenvalue weighted by atomic mass is 79.9. The number of carbonyl (C=O) groups is 1. The molecular weight excluding hydrogens is 275 g/mol. The number of rotatable bonds is 2. The molecule has 0 heterocycles. The van der Waals surface area contributed by atoms with Crippen LogP contribution in [0.15, 0.2) is 18.2 Å². The molecule has 0 amide bonds. The van der Waals surface area contributed by atoms with Crippen molar-refractivity contribution in [2.24, 2.45) is 0 Å². The van der Waals surface area contributed by atoms with E-state index in [1.165, 1.54) is 6.07 Å². The van der Waals surface area contributed by atoms with Crippen LogP contribution in [-0.4, -0.2) is 11.6 Å². The van der Waals surface area contributed by atoms with Gasteiger partial charge in [-0.25, -0.2) is 9.18 Å². The second kappa shape index (κ2) is 4.95. The Balaban J connectivity index is 2.89. The van der Waals surface area contributed by atoms with Gasteiger partial charge in [-0.1, -0.05) is 22.0 Å². The molecule has 0 atom stereocenters. The highest BCUT2D eigenvalue weighted by Gasteiger charge is 2.18. The molecule has 0 spiro atoms. The van der Waals surface area contributed by atoms with Gasteiger partial charge in [0, 0.05) is 5.33 Å². The molecule has 0 aromatic heterocycles. The summed E-state index contributed by atoms with van der Waals surface area (Å²) in [5, 5.41) is 0.424. The second-order valence-electron chi connectivity index (χ2n) is 4.44. The van der Waals surface area contributed by atoms with E-state index >= 15 is 0 Å². The lowest BCUT2D eigenvalue weighted by Gasteiger charge is -2.19. The minimum atomic E-state index is -0.568. The molecule has 16 heavy (non-hydrogen) atoms. The Bertz CT molecular complexity index is 396. The summed E-state index contributed by atoms with van der Waals surface area (Å²) < 4.78 is 18.5. The van der Waals surface area contributed by atoms with Crippen molar-refractivity contribution in [1.82, 2.24) is 0 Å². The molecule has 0 aliphatic rings. The van der Waals surface area contributed by atoms with Crippen LogP contribution in [0.4, 0.5) is 4.39 Å². The number of halogens is 2. The molecule has 0 aliphatic carbocycles. The maximum absolute atomic E-state index is 13.4. The van der Waals surface area contributed by atoms with E-state index in [0.717, 1.165) is 0 Å². The summed E-state index contributed by atoms with van der Waals surface area (Å²) in [7, 11) is 0. The molecule has 88 valence electrons. The zero-order valence-corrected chi connectivity index (χ0v) is 11.1. The van der Waals surface area contributed by atoms with Crippen LogP contribution in [0.3, 0.4) is 0 Å². The predicted molar refractivity (Wildman–Crippen MR) is 64.2 cm³/mol. The van der Waals surface area contributed by atoms with E-state index in [-0.39, 0.29) is 5.56 Å². The molecule has 0 saturated carbocycles. The molecule has 1 rings (SSSR count). The zero-order valence-electron chi connectivity index (χ0n) is 9.51. The van der Waals surface area contributed by atoms with Crippen LogP contribution in [0.2, 0.25) is 0 Å². The number of ether oxygens (including phenoxy) is 1. The zero-order chi connectivity index (χ0) is 12.3. The topological polar surface area (TPSA) is 26.3 Å². The van der Waals surface area contributed by atoms with E-state index < -0.39 is 17.4 Å². The third-order valence-electron chi connectivity index (χ3n) is 1.83. The van der Waals surface area contributed by atoms with Gasteiger partial charge in [-0.3, -0.25) is 0 Å². The van der Waals surface area contributed by atoms with Gasteiger partial charge in [0.05, 0.1) is 5.56 Å². The number of carbonyl (C=O) groups excluding carboxylic acids is 1. The normalized spacial score (nSPS) is 11.3. The van der Waals surface area contributed by atoms with Crippen molar-refractivity contribution in [1.29, 1.82) is 0 Å². The first-order valence-electron chi connectivity index (χ1n) is 4.91. The van der Waals surface area contributed by atoms with Crippen LogP contribution in [-0.2, 0) is 10.1 Å². The Kier molecular flexibility index (Phi) is 4.08. The second-order valence-corrected chi connectivity index (χ2v) is 5.00. The van der Waals surface area contributed by atoms with E-state index in [2.05, 4.69) is 15.9 Å². The summed E-state index contributed by atoms with van der Waals surface area (Å²) >= 11 is 3.16. The fourth-order valence-electron chi connectivity index (χ4n) is 1.12. The van der Waals surface area contributed by atoms with Crippen LogP contribution in [0.25, 0.3) is 0 Å². The van der Waals surface area contributed by atoms with Gasteiger partial charge in [-0.05, 0) is 38.5 Å². The molecule has 0 radical (unpaired) electrons. The van der Waals surface area contributed by atoms with Gasteiger partial charge in [0.2, 0.25) is 0 Å². The first-order valence-corrected chi connectivity index (χ1v) is 6.03. The van der Waals surface area contributed by atoms with Crippen LogP contribution in [0.1, 0.15) is 36.7 Å². The summed E-state index contributed by atoms with van der Waals surface area (Å²) in [4.78, 5) is 11.6. The number of hydrogen-bond donors (Lipinski definition) is 0. The number of alkyl halides is 1. The Morgan fingerprint density at radius 1 is 1.44 bits per heavy atom. The van der Waals surface area contributed by atoms with Crippen molar-refractivity contribution in [2.75, 3.05) is 0 Å². The maximum Gasteiger partial charge on any atom is 0.338 e. The lowest BCUT2D eigenvalue weighted by molar-refractivity contribution is 0.00690. The van der Waals surface area contributed by atoms with Crippen molar-refractivity contribution >= 4 is 21.9 Å². The fourth-order valence-corrected chi connectivity index (χ4v) is 1.57. The van der Waals surface area contributed by atoms with E-state index in [4.69, 9.17) is 4.74 Å². The number of benzene rings is 1. The van der Waals surface area contributed by atoms with Crippen molar-refractivity contribution in [3.05, 3.63) is 35.1 Å². The molecular formula is C12H14BrFO2. The molecule has 0 fully saturated rings. The van der Waals surface area contributed by atoms with Gasteiger partial charge in [0.25, 0.3) is 0 Å². The molecule has 4 heteroatoms. The highest BCUT2D eigenvalue weighted by molar-refractivity contribution is 9.08. The van der Waals surface area contributed by atoms with Crippen LogP contribution < -0.4 is 0 Å². The smallest absolute Gasteiger partial charge is 0.338 e. The monoisotopic (exact) mass is 288 g/mol. The lowest BCUT2D eigenvalue weighted by Crippen LogP contribution is -2.24. The summed E-state index contributed by atoms with van der Waals surface area (Å²) in [6.45, 7) is 5.32. The fraction of sp³-hybridized carbons (Fsp3) is 0.417. The molecule has 2 nitrogen and oxygen atoms in total. The van der Waals surface area contributed by atoms with Crippen molar-refractivity contribution in [2.45, 2.75) is 31.7 Å².